The summed E-state index contributed by atoms with van der Waals surface area (Å²) >= 11 is 0. The third-order valence-corrected chi connectivity index (χ3v) is 5.94. The minimum absolute atomic E-state index is 0.0752. The second kappa shape index (κ2) is 7.34. The summed E-state index contributed by atoms with van der Waals surface area (Å²) < 4.78 is 35.0. The predicted molar refractivity (Wildman–Crippen MR) is 94.1 cm³/mol. The van der Waals surface area contributed by atoms with Crippen molar-refractivity contribution in [1.29, 1.82) is 5.41 Å². The van der Waals surface area contributed by atoms with E-state index in [-0.39, 0.29) is 24.2 Å². The summed E-state index contributed by atoms with van der Waals surface area (Å²) in [5, 5.41) is 11.5. The van der Waals surface area contributed by atoms with E-state index in [2.05, 4.69) is 14.5 Å². The normalized spacial score (nSPS) is 30.9. The molecule has 0 radical (unpaired) electrons. The van der Waals surface area contributed by atoms with E-state index < -0.39 is 28.5 Å². The number of carbonyl (C=O) groups is 2. The molecule has 3 N–H and O–H groups in total. The van der Waals surface area contributed by atoms with E-state index in [0.717, 1.165) is 19.3 Å². The molecule has 2 heterocycles. The number of piperidine rings is 1. The number of hydrogen-bond acceptors (Lipinski definition) is 7. The molecule has 0 spiro atoms. The van der Waals surface area contributed by atoms with Gasteiger partial charge >= 0.3 is 16.4 Å². The van der Waals surface area contributed by atoms with Crippen LogP contribution in [0.1, 0.15) is 32.1 Å². The van der Waals surface area contributed by atoms with Crippen molar-refractivity contribution in [2.45, 2.75) is 50.2 Å². The third-order valence-electron chi connectivity index (χ3n) is 5.59. The molecule has 1 saturated carbocycles. The van der Waals surface area contributed by atoms with Gasteiger partial charge in [0.05, 0.1) is 12.1 Å². The Kier molecular flexibility index (Phi) is 5.43. The molecule has 12 heteroatoms. The van der Waals surface area contributed by atoms with Crippen LogP contribution in [0.2, 0.25) is 0 Å². The summed E-state index contributed by atoms with van der Waals surface area (Å²) in [4.78, 5) is 28.2. The van der Waals surface area contributed by atoms with E-state index in [1.165, 1.54) is 4.90 Å². The van der Waals surface area contributed by atoms with Gasteiger partial charge in [-0.1, -0.05) is 0 Å². The van der Waals surface area contributed by atoms with Crippen molar-refractivity contribution >= 4 is 28.2 Å². The molecule has 2 aliphatic heterocycles. The smallest absolute Gasteiger partial charge is 0.313 e. The highest BCUT2D eigenvalue weighted by Crippen LogP contribution is 2.31. The molecular weight excluding hydrogens is 378 g/mol. The molecule has 0 aromatic rings. The van der Waals surface area contributed by atoms with E-state index in [1.807, 2.05) is 14.1 Å². The fourth-order valence-corrected chi connectivity index (χ4v) is 4.50. The van der Waals surface area contributed by atoms with Crippen LogP contribution in [-0.2, 0) is 19.5 Å². The molecule has 2 saturated heterocycles. The van der Waals surface area contributed by atoms with Crippen molar-refractivity contribution in [3.8, 4) is 0 Å². The molecule has 27 heavy (non-hydrogen) atoms. The number of fused-ring (bicyclic) bond motifs is 2. The van der Waals surface area contributed by atoms with Crippen molar-refractivity contribution in [1.82, 2.24) is 20.2 Å². The third kappa shape index (κ3) is 4.23. The molecule has 4 unspecified atom stereocenters. The molecule has 3 aliphatic rings. The average Bonchev–Trinajstić information content (AvgIpc) is 3.15. The Balaban J connectivity index is 1.60. The highest BCUT2D eigenvalue weighted by molar-refractivity contribution is 7.80. The molecule has 3 fully saturated rings. The van der Waals surface area contributed by atoms with Gasteiger partial charge in [0.15, 0.2) is 0 Å². The summed E-state index contributed by atoms with van der Waals surface area (Å²) in [5.41, 5.74) is 0. The fraction of sp³-hybridized carbons (Fsp3) is 0.800. The molecule has 3 rings (SSSR count). The number of hydroxylamine groups is 2. The standard InChI is InChI=1S/C15H25N5O6S/c1-18(2)10-4-3-9(7-10)14(21)17-13(16)12-6-5-11-8-19(12)15(22)20(11)26-27(23,24)25/h9-12H,3-8H2,1-2H3,(H2,16,17,21)(H,23,24,25). The van der Waals surface area contributed by atoms with Crippen LogP contribution in [-0.4, -0.2) is 84.4 Å². The summed E-state index contributed by atoms with van der Waals surface area (Å²) in [5.74, 6) is -0.458. The minimum Gasteiger partial charge on any atom is -0.313 e. The van der Waals surface area contributed by atoms with Crippen LogP contribution in [0.25, 0.3) is 0 Å². The molecular formula is C15H25N5O6S. The zero-order valence-electron chi connectivity index (χ0n) is 15.3. The number of nitrogens with zero attached hydrogens (tertiary/aromatic N) is 3. The first-order chi connectivity index (χ1) is 12.6. The van der Waals surface area contributed by atoms with Gasteiger partial charge in [-0.05, 0) is 46.2 Å². The average molecular weight is 403 g/mol. The number of hydrogen-bond donors (Lipinski definition) is 3. The van der Waals surface area contributed by atoms with Crippen molar-refractivity contribution in [3.05, 3.63) is 0 Å². The fourth-order valence-electron chi connectivity index (χ4n) is 4.11. The van der Waals surface area contributed by atoms with Gasteiger partial charge in [0.2, 0.25) is 5.91 Å². The topological polar surface area (TPSA) is 143 Å². The lowest BCUT2D eigenvalue weighted by Gasteiger charge is -2.31. The zero-order valence-corrected chi connectivity index (χ0v) is 16.1. The van der Waals surface area contributed by atoms with Crippen LogP contribution in [0.3, 0.4) is 0 Å². The van der Waals surface area contributed by atoms with Crippen LogP contribution in [0, 0.1) is 11.3 Å². The number of nitrogens with one attached hydrogen (secondary N) is 2. The maximum atomic E-state index is 12.5. The maximum Gasteiger partial charge on any atom is 0.418 e. The number of carbonyl (C=O) groups excluding carboxylic acids is 2. The van der Waals surface area contributed by atoms with Crippen molar-refractivity contribution < 1.29 is 26.8 Å². The Morgan fingerprint density at radius 2 is 2.00 bits per heavy atom. The van der Waals surface area contributed by atoms with Gasteiger partial charge in [-0.15, -0.1) is 4.28 Å². The minimum atomic E-state index is -4.81. The lowest BCUT2D eigenvalue weighted by Crippen LogP contribution is -2.51. The van der Waals surface area contributed by atoms with Crippen molar-refractivity contribution in [2.24, 2.45) is 5.92 Å². The molecule has 4 atom stereocenters. The van der Waals surface area contributed by atoms with E-state index >= 15 is 0 Å². The summed E-state index contributed by atoms with van der Waals surface area (Å²) in [6.45, 7) is 0.170. The Labute approximate surface area is 158 Å². The second-order valence-corrected chi connectivity index (χ2v) is 8.54. The quantitative estimate of drug-likeness (QED) is 0.328. The van der Waals surface area contributed by atoms with E-state index in [4.69, 9.17) is 9.96 Å². The number of amides is 3. The monoisotopic (exact) mass is 403 g/mol. The van der Waals surface area contributed by atoms with Crippen molar-refractivity contribution in [2.75, 3.05) is 20.6 Å². The van der Waals surface area contributed by atoms with Gasteiger partial charge in [0.1, 0.15) is 5.84 Å². The van der Waals surface area contributed by atoms with E-state index in [9.17, 15) is 18.0 Å². The molecule has 2 bridgehead atoms. The number of urea groups is 1. The van der Waals surface area contributed by atoms with Gasteiger partial charge in [-0.3, -0.25) is 14.8 Å². The van der Waals surface area contributed by atoms with Gasteiger partial charge in [-0.25, -0.2) is 4.79 Å². The first kappa shape index (κ1) is 20.0. The highest BCUT2D eigenvalue weighted by Gasteiger charge is 2.48. The Hall–Kier alpha value is -1.76. The second-order valence-electron chi connectivity index (χ2n) is 7.54. The van der Waals surface area contributed by atoms with Crippen molar-refractivity contribution in [3.63, 3.8) is 0 Å². The van der Waals surface area contributed by atoms with Gasteiger partial charge in [0, 0.05) is 18.5 Å². The number of rotatable bonds is 5. The molecule has 1 aliphatic carbocycles. The Morgan fingerprint density at radius 3 is 2.59 bits per heavy atom. The largest absolute Gasteiger partial charge is 0.418 e. The van der Waals surface area contributed by atoms with Crippen LogP contribution in [0.4, 0.5) is 4.79 Å². The number of amidine groups is 1. The molecule has 3 amide bonds. The molecule has 11 nitrogen and oxygen atoms in total. The first-order valence-corrected chi connectivity index (χ1v) is 10.3. The van der Waals surface area contributed by atoms with E-state index in [1.54, 1.807) is 0 Å². The lowest BCUT2D eigenvalue weighted by molar-refractivity contribution is -0.123. The van der Waals surface area contributed by atoms with Crippen LogP contribution < -0.4 is 5.32 Å². The summed E-state index contributed by atoms with van der Waals surface area (Å²) in [6.07, 6.45) is 3.21. The SMILES string of the molecule is CN(C)C1CCC(C(=O)NC(=N)C2CCC3CN2C(=O)N3OS(=O)(=O)O)C1. The first-order valence-electron chi connectivity index (χ1n) is 8.89. The van der Waals surface area contributed by atoms with Gasteiger partial charge < -0.3 is 15.1 Å². The van der Waals surface area contributed by atoms with Crippen LogP contribution in [0.15, 0.2) is 0 Å². The predicted octanol–water partition coefficient (Wildman–Crippen LogP) is -0.187. The van der Waals surface area contributed by atoms with Gasteiger partial charge in [0.25, 0.3) is 0 Å². The molecule has 152 valence electrons. The maximum absolute atomic E-state index is 12.5. The molecule has 0 aromatic heterocycles. The Morgan fingerprint density at radius 1 is 1.30 bits per heavy atom. The van der Waals surface area contributed by atoms with Crippen LogP contribution in [0.5, 0.6) is 0 Å². The Bertz CT molecular complexity index is 741. The van der Waals surface area contributed by atoms with Gasteiger partial charge in [-0.2, -0.15) is 13.5 Å². The van der Waals surface area contributed by atoms with Crippen LogP contribution >= 0.6 is 0 Å². The highest BCUT2D eigenvalue weighted by atomic mass is 32.3. The van der Waals surface area contributed by atoms with E-state index in [0.29, 0.717) is 23.9 Å². The molecule has 0 aromatic carbocycles. The summed E-state index contributed by atoms with van der Waals surface area (Å²) in [7, 11) is -0.854. The lowest BCUT2D eigenvalue weighted by atomic mass is 9.99. The zero-order chi connectivity index (χ0) is 19.9. The summed E-state index contributed by atoms with van der Waals surface area (Å²) in [6, 6.07) is -1.57.